The minimum atomic E-state index is -3.42. The fourth-order valence-corrected chi connectivity index (χ4v) is 2.74. The molecule has 0 amide bonds. The molecule has 0 aromatic carbocycles. The van der Waals surface area contributed by atoms with Crippen LogP contribution in [-0.2, 0) is 16.8 Å². The number of aromatic nitrogens is 1. The van der Waals surface area contributed by atoms with Crippen LogP contribution in [0.3, 0.4) is 0 Å². The smallest absolute Gasteiger partial charge is 0.279 e. The van der Waals surface area contributed by atoms with E-state index in [9.17, 15) is 8.42 Å². The van der Waals surface area contributed by atoms with Crippen molar-refractivity contribution in [1.29, 1.82) is 0 Å². The van der Waals surface area contributed by atoms with Gasteiger partial charge < -0.3 is 5.32 Å². The summed E-state index contributed by atoms with van der Waals surface area (Å²) >= 11 is 0. The van der Waals surface area contributed by atoms with E-state index in [1.54, 1.807) is 25.5 Å². The fraction of sp³-hybridized carbons (Fsp3) is 0.615. The third-order valence-corrected chi connectivity index (χ3v) is 4.76. The van der Waals surface area contributed by atoms with Crippen LogP contribution in [0.5, 0.6) is 0 Å². The standard InChI is InChI=1S/C13H22N4O2S/c1-17(9-3-8-15-13-5-6-13)20(18,19)16-11-12-4-2-7-14-10-12/h2,4,7,10,13,15-16H,3,5-6,8-9,11H2,1H3. The first kappa shape index (κ1) is 15.4. The summed E-state index contributed by atoms with van der Waals surface area (Å²) < 4.78 is 28.0. The van der Waals surface area contributed by atoms with E-state index < -0.39 is 10.2 Å². The maximum atomic E-state index is 12.0. The van der Waals surface area contributed by atoms with Crippen LogP contribution in [0.1, 0.15) is 24.8 Å². The summed E-state index contributed by atoms with van der Waals surface area (Å²) in [6.45, 7) is 1.65. The van der Waals surface area contributed by atoms with E-state index in [0.29, 0.717) is 12.6 Å². The Morgan fingerprint density at radius 1 is 1.45 bits per heavy atom. The van der Waals surface area contributed by atoms with Gasteiger partial charge in [-0.05, 0) is 37.4 Å². The molecule has 2 N–H and O–H groups in total. The van der Waals surface area contributed by atoms with Crippen molar-refractivity contribution in [2.24, 2.45) is 0 Å². The Labute approximate surface area is 120 Å². The average molecular weight is 298 g/mol. The molecule has 0 spiro atoms. The van der Waals surface area contributed by atoms with E-state index in [2.05, 4.69) is 15.0 Å². The van der Waals surface area contributed by atoms with Gasteiger partial charge in [-0.25, -0.2) is 0 Å². The lowest BCUT2D eigenvalue weighted by Gasteiger charge is -2.17. The van der Waals surface area contributed by atoms with Crippen LogP contribution in [0.15, 0.2) is 24.5 Å². The third kappa shape index (κ3) is 5.16. The summed E-state index contributed by atoms with van der Waals surface area (Å²) in [4.78, 5) is 3.96. The van der Waals surface area contributed by atoms with Crippen molar-refractivity contribution in [3.05, 3.63) is 30.1 Å². The second-order valence-electron chi connectivity index (χ2n) is 5.09. The SMILES string of the molecule is CN(CCCNC1CC1)S(=O)(=O)NCc1cccnc1. The van der Waals surface area contributed by atoms with Gasteiger partial charge in [-0.2, -0.15) is 17.4 Å². The van der Waals surface area contributed by atoms with Gasteiger partial charge >= 0.3 is 0 Å². The zero-order valence-corrected chi connectivity index (χ0v) is 12.6. The molecule has 112 valence electrons. The molecule has 0 atom stereocenters. The number of hydrogen-bond donors (Lipinski definition) is 2. The first-order chi connectivity index (χ1) is 9.58. The quantitative estimate of drug-likeness (QED) is 0.651. The van der Waals surface area contributed by atoms with Gasteiger partial charge in [0.05, 0.1) is 0 Å². The Morgan fingerprint density at radius 3 is 2.90 bits per heavy atom. The van der Waals surface area contributed by atoms with Crippen molar-refractivity contribution in [3.8, 4) is 0 Å². The largest absolute Gasteiger partial charge is 0.314 e. The number of hydrogen-bond acceptors (Lipinski definition) is 4. The predicted octanol–water partition coefficient (Wildman–Crippen LogP) is 0.490. The summed E-state index contributed by atoms with van der Waals surface area (Å²) in [7, 11) is -1.82. The van der Waals surface area contributed by atoms with Gasteiger partial charge in [0.2, 0.25) is 0 Å². The van der Waals surface area contributed by atoms with Gasteiger partial charge in [0.25, 0.3) is 10.2 Å². The lowest BCUT2D eigenvalue weighted by Crippen LogP contribution is -2.39. The van der Waals surface area contributed by atoms with Gasteiger partial charge in [0, 0.05) is 38.6 Å². The highest BCUT2D eigenvalue weighted by Gasteiger charge is 2.20. The number of nitrogens with zero attached hydrogens (tertiary/aromatic N) is 2. The molecule has 1 fully saturated rings. The Bertz CT molecular complexity index is 502. The monoisotopic (exact) mass is 298 g/mol. The van der Waals surface area contributed by atoms with Crippen LogP contribution in [0.25, 0.3) is 0 Å². The molecule has 7 heteroatoms. The molecule has 1 saturated carbocycles. The molecular weight excluding hydrogens is 276 g/mol. The molecule has 0 unspecified atom stereocenters. The molecule has 1 heterocycles. The summed E-state index contributed by atoms with van der Waals surface area (Å²) in [5.74, 6) is 0. The highest BCUT2D eigenvalue weighted by molar-refractivity contribution is 7.87. The van der Waals surface area contributed by atoms with Gasteiger partial charge in [-0.3, -0.25) is 4.98 Å². The van der Waals surface area contributed by atoms with E-state index >= 15 is 0 Å². The molecular formula is C13H22N4O2S. The Balaban J connectivity index is 1.70. The molecule has 0 bridgehead atoms. The second-order valence-corrected chi connectivity index (χ2v) is 6.95. The molecule has 20 heavy (non-hydrogen) atoms. The molecule has 1 aliphatic rings. The van der Waals surface area contributed by atoms with Crippen molar-refractivity contribution < 1.29 is 8.42 Å². The highest BCUT2D eigenvalue weighted by atomic mass is 32.2. The Hall–Kier alpha value is -1.02. The molecule has 0 saturated heterocycles. The summed E-state index contributed by atoms with van der Waals surface area (Å²) in [5.41, 5.74) is 0.847. The first-order valence-electron chi connectivity index (χ1n) is 6.91. The minimum absolute atomic E-state index is 0.265. The summed E-state index contributed by atoms with van der Waals surface area (Å²) in [5, 5.41) is 3.37. The Kier molecular flexibility index (Phi) is 5.47. The van der Waals surface area contributed by atoms with Crippen LogP contribution in [-0.4, -0.2) is 43.9 Å². The lowest BCUT2D eigenvalue weighted by molar-refractivity contribution is 0.444. The highest BCUT2D eigenvalue weighted by Crippen LogP contribution is 2.18. The van der Waals surface area contributed by atoms with Crippen LogP contribution in [0.4, 0.5) is 0 Å². The van der Waals surface area contributed by atoms with Crippen molar-refractivity contribution in [3.63, 3.8) is 0 Å². The molecule has 0 aliphatic heterocycles. The van der Waals surface area contributed by atoms with E-state index in [4.69, 9.17) is 0 Å². The van der Waals surface area contributed by atoms with E-state index in [1.807, 2.05) is 6.07 Å². The molecule has 1 aromatic rings. The van der Waals surface area contributed by atoms with Gasteiger partial charge in [0.1, 0.15) is 0 Å². The van der Waals surface area contributed by atoms with Crippen LogP contribution < -0.4 is 10.0 Å². The number of pyridine rings is 1. The van der Waals surface area contributed by atoms with Crippen molar-refractivity contribution in [1.82, 2.24) is 19.3 Å². The zero-order valence-electron chi connectivity index (χ0n) is 11.7. The van der Waals surface area contributed by atoms with Gasteiger partial charge in [0.15, 0.2) is 0 Å². The van der Waals surface area contributed by atoms with Crippen molar-refractivity contribution in [2.75, 3.05) is 20.1 Å². The summed E-state index contributed by atoms with van der Waals surface area (Å²) in [6.07, 6.45) is 6.64. The number of rotatable bonds is 9. The maximum absolute atomic E-state index is 12.0. The summed E-state index contributed by atoms with van der Waals surface area (Å²) in [6, 6.07) is 4.30. The third-order valence-electron chi connectivity index (χ3n) is 3.25. The molecule has 1 aromatic heterocycles. The van der Waals surface area contributed by atoms with E-state index in [-0.39, 0.29) is 6.54 Å². The zero-order chi connectivity index (χ0) is 14.4. The normalized spacial score (nSPS) is 15.7. The molecule has 6 nitrogen and oxygen atoms in total. The second kappa shape index (κ2) is 7.12. The lowest BCUT2D eigenvalue weighted by atomic mass is 10.3. The molecule has 2 rings (SSSR count). The van der Waals surface area contributed by atoms with Crippen LogP contribution >= 0.6 is 0 Å². The minimum Gasteiger partial charge on any atom is -0.314 e. The number of nitrogens with one attached hydrogen (secondary N) is 2. The van der Waals surface area contributed by atoms with Gasteiger partial charge in [-0.1, -0.05) is 6.07 Å². The van der Waals surface area contributed by atoms with E-state index in [0.717, 1.165) is 18.5 Å². The van der Waals surface area contributed by atoms with E-state index in [1.165, 1.54) is 17.1 Å². The first-order valence-corrected chi connectivity index (χ1v) is 8.35. The van der Waals surface area contributed by atoms with Crippen LogP contribution in [0, 0.1) is 0 Å². The van der Waals surface area contributed by atoms with Crippen molar-refractivity contribution >= 4 is 10.2 Å². The Morgan fingerprint density at radius 2 is 2.25 bits per heavy atom. The maximum Gasteiger partial charge on any atom is 0.279 e. The average Bonchev–Trinajstić information content (AvgIpc) is 3.26. The van der Waals surface area contributed by atoms with Crippen LogP contribution in [0.2, 0.25) is 0 Å². The van der Waals surface area contributed by atoms with Gasteiger partial charge in [-0.15, -0.1) is 0 Å². The predicted molar refractivity (Wildman–Crippen MR) is 78.3 cm³/mol. The molecule has 0 radical (unpaired) electrons. The van der Waals surface area contributed by atoms with Crippen molar-refractivity contribution in [2.45, 2.75) is 31.8 Å². The fourth-order valence-electron chi connectivity index (χ4n) is 1.80. The topological polar surface area (TPSA) is 74.3 Å². The molecule has 1 aliphatic carbocycles.